The Kier molecular flexibility index (Phi) is 10.2. The Morgan fingerprint density at radius 3 is 2.60 bits per heavy atom. The molecule has 142 valence electrons. The minimum absolute atomic E-state index is 0. The van der Waals surface area contributed by atoms with Gasteiger partial charge in [-0.05, 0) is 56.2 Å². The third kappa shape index (κ3) is 7.79. The van der Waals surface area contributed by atoms with E-state index < -0.39 is 0 Å². The molecule has 6 heteroatoms. The highest BCUT2D eigenvalue weighted by Gasteiger charge is 2.13. The van der Waals surface area contributed by atoms with Crippen molar-refractivity contribution in [2.45, 2.75) is 59.0 Å². The predicted octanol–water partition coefficient (Wildman–Crippen LogP) is 3.79. The lowest BCUT2D eigenvalue weighted by Crippen LogP contribution is -2.42. The summed E-state index contributed by atoms with van der Waals surface area (Å²) in [7, 11) is 1.83. The van der Waals surface area contributed by atoms with Gasteiger partial charge < -0.3 is 15.5 Å². The van der Waals surface area contributed by atoms with Gasteiger partial charge in [-0.15, -0.1) is 24.0 Å². The Morgan fingerprint density at radius 2 is 1.96 bits per heavy atom. The molecule has 2 N–H and O–H groups in total. The quantitative estimate of drug-likeness (QED) is 0.370. The molecule has 0 saturated carbocycles. The lowest BCUT2D eigenvalue weighted by molar-refractivity contribution is 0.489. The average molecular weight is 459 g/mol. The molecule has 2 heterocycles. The number of nitrogens with zero attached hydrogens (tertiary/aromatic N) is 3. The summed E-state index contributed by atoms with van der Waals surface area (Å²) >= 11 is 0. The molecule has 1 aliphatic heterocycles. The SMILES string of the molecule is CN=C(NCc1ccnc(N2CCCC2)c1)NC(C)CCC(C)C.I. The number of halogens is 1. The number of aliphatic imine (C=N–C) groups is 1. The summed E-state index contributed by atoms with van der Waals surface area (Å²) in [5, 5.41) is 6.89. The molecular weight excluding hydrogens is 425 g/mol. The Morgan fingerprint density at radius 1 is 1.24 bits per heavy atom. The van der Waals surface area contributed by atoms with Gasteiger partial charge in [-0.3, -0.25) is 4.99 Å². The number of anilines is 1. The lowest BCUT2D eigenvalue weighted by Gasteiger charge is -2.19. The van der Waals surface area contributed by atoms with Crippen molar-refractivity contribution in [3.05, 3.63) is 23.9 Å². The van der Waals surface area contributed by atoms with Crippen molar-refractivity contribution < 1.29 is 0 Å². The number of hydrogen-bond donors (Lipinski definition) is 2. The fourth-order valence-electron chi connectivity index (χ4n) is 2.96. The Bertz CT molecular complexity index is 526. The van der Waals surface area contributed by atoms with Gasteiger partial charge in [0.25, 0.3) is 0 Å². The summed E-state index contributed by atoms with van der Waals surface area (Å²) in [6, 6.07) is 4.69. The number of pyridine rings is 1. The first kappa shape index (κ1) is 22.0. The highest BCUT2D eigenvalue weighted by Crippen LogP contribution is 2.18. The molecule has 2 rings (SSSR count). The van der Waals surface area contributed by atoms with Gasteiger partial charge >= 0.3 is 0 Å². The van der Waals surface area contributed by atoms with Gasteiger partial charge in [-0.2, -0.15) is 0 Å². The van der Waals surface area contributed by atoms with E-state index in [9.17, 15) is 0 Å². The molecule has 0 aliphatic carbocycles. The number of nitrogens with one attached hydrogen (secondary N) is 2. The van der Waals surface area contributed by atoms with E-state index in [1.807, 2.05) is 13.2 Å². The molecular formula is C19H34IN5. The molecule has 0 aromatic carbocycles. The largest absolute Gasteiger partial charge is 0.357 e. The second-order valence-corrected chi connectivity index (χ2v) is 7.16. The molecule has 1 atom stereocenters. The van der Waals surface area contributed by atoms with Crippen molar-refractivity contribution >= 4 is 35.8 Å². The van der Waals surface area contributed by atoms with Crippen LogP contribution in [0.3, 0.4) is 0 Å². The normalized spacial score (nSPS) is 15.9. The van der Waals surface area contributed by atoms with Crippen LogP contribution in [0.1, 0.15) is 52.0 Å². The van der Waals surface area contributed by atoms with E-state index >= 15 is 0 Å². The highest BCUT2D eigenvalue weighted by atomic mass is 127. The smallest absolute Gasteiger partial charge is 0.191 e. The summed E-state index contributed by atoms with van der Waals surface area (Å²) in [6.45, 7) is 9.76. The van der Waals surface area contributed by atoms with Crippen LogP contribution in [-0.2, 0) is 6.54 Å². The molecule has 25 heavy (non-hydrogen) atoms. The number of hydrogen-bond acceptors (Lipinski definition) is 3. The van der Waals surface area contributed by atoms with Gasteiger partial charge in [0.2, 0.25) is 0 Å². The minimum atomic E-state index is 0. The van der Waals surface area contributed by atoms with Gasteiger partial charge in [0.1, 0.15) is 5.82 Å². The van der Waals surface area contributed by atoms with E-state index in [1.54, 1.807) is 0 Å². The highest BCUT2D eigenvalue weighted by molar-refractivity contribution is 14.0. The van der Waals surface area contributed by atoms with Gasteiger partial charge in [0.05, 0.1) is 0 Å². The van der Waals surface area contributed by atoms with Gasteiger partial charge in [0.15, 0.2) is 5.96 Å². The number of aromatic nitrogens is 1. The Labute approximate surface area is 170 Å². The second-order valence-electron chi connectivity index (χ2n) is 7.16. The number of guanidine groups is 1. The topological polar surface area (TPSA) is 52.6 Å². The minimum Gasteiger partial charge on any atom is -0.357 e. The molecule has 5 nitrogen and oxygen atoms in total. The zero-order valence-corrected chi connectivity index (χ0v) is 18.4. The predicted molar refractivity (Wildman–Crippen MR) is 118 cm³/mol. The molecule has 1 aromatic heterocycles. The molecule has 0 bridgehead atoms. The van der Waals surface area contributed by atoms with Crippen LogP contribution in [0.5, 0.6) is 0 Å². The first-order chi connectivity index (χ1) is 11.6. The van der Waals surface area contributed by atoms with E-state index in [0.29, 0.717) is 6.04 Å². The average Bonchev–Trinajstić information content (AvgIpc) is 3.11. The molecule has 1 unspecified atom stereocenters. The summed E-state index contributed by atoms with van der Waals surface area (Å²) in [5.41, 5.74) is 1.24. The van der Waals surface area contributed by atoms with E-state index in [-0.39, 0.29) is 24.0 Å². The first-order valence-corrected chi connectivity index (χ1v) is 9.25. The van der Waals surface area contributed by atoms with Crippen molar-refractivity contribution in [1.82, 2.24) is 15.6 Å². The zero-order valence-electron chi connectivity index (χ0n) is 16.1. The van der Waals surface area contributed by atoms with Gasteiger partial charge in [-0.25, -0.2) is 4.98 Å². The summed E-state index contributed by atoms with van der Waals surface area (Å²) in [4.78, 5) is 11.2. The van der Waals surface area contributed by atoms with Crippen LogP contribution in [0.25, 0.3) is 0 Å². The van der Waals surface area contributed by atoms with Crippen LogP contribution < -0.4 is 15.5 Å². The van der Waals surface area contributed by atoms with Crippen LogP contribution in [0.2, 0.25) is 0 Å². The molecule has 1 fully saturated rings. The van der Waals surface area contributed by atoms with Gasteiger partial charge in [-0.1, -0.05) is 13.8 Å². The van der Waals surface area contributed by atoms with Crippen molar-refractivity contribution in [2.24, 2.45) is 10.9 Å². The van der Waals surface area contributed by atoms with E-state index in [1.165, 1.54) is 24.8 Å². The fourth-order valence-corrected chi connectivity index (χ4v) is 2.96. The fraction of sp³-hybridized carbons (Fsp3) is 0.684. The Balaban J connectivity index is 0.00000312. The first-order valence-electron chi connectivity index (χ1n) is 9.25. The monoisotopic (exact) mass is 459 g/mol. The maximum Gasteiger partial charge on any atom is 0.191 e. The summed E-state index contributed by atoms with van der Waals surface area (Å²) in [5.74, 6) is 2.70. The third-order valence-corrected chi connectivity index (χ3v) is 4.48. The molecule has 0 radical (unpaired) electrons. The Hall–Kier alpha value is -1.05. The maximum atomic E-state index is 4.51. The van der Waals surface area contributed by atoms with Crippen LogP contribution in [0, 0.1) is 5.92 Å². The van der Waals surface area contributed by atoms with E-state index in [0.717, 1.165) is 43.8 Å². The van der Waals surface area contributed by atoms with Crippen molar-refractivity contribution in [2.75, 3.05) is 25.0 Å². The van der Waals surface area contributed by atoms with Crippen LogP contribution in [0.15, 0.2) is 23.3 Å². The van der Waals surface area contributed by atoms with Crippen molar-refractivity contribution in [3.8, 4) is 0 Å². The van der Waals surface area contributed by atoms with Crippen LogP contribution >= 0.6 is 24.0 Å². The van der Waals surface area contributed by atoms with Gasteiger partial charge in [0, 0.05) is 38.9 Å². The van der Waals surface area contributed by atoms with Crippen LogP contribution in [0.4, 0.5) is 5.82 Å². The second kappa shape index (κ2) is 11.5. The van der Waals surface area contributed by atoms with Crippen LogP contribution in [-0.4, -0.2) is 37.1 Å². The molecule has 1 aliphatic rings. The maximum absolute atomic E-state index is 4.51. The standard InChI is InChI=1S/C19H33N5.HI/c1-15(2)7-8-16(3)23-19(20-4)22-14-17-9-10-21-18(13-17)24-11-5-6-12-24;/h9-10,13,15-16H,5-8,11-12,14H2,1-4H3,(H2,20,22,23);1H. The van der Waals surface area contributed by atoms with Crippen molar-refractivity contribution in [3.63, 3.8) is 0 Å². The summed E-state index contributed by atoms with van der Waals surface area (Å²) < 4.78 is 0. The molecule has 1 saturated heterocycles. The summed E-state index contributed by atoms with van der Waals surface area (Å²) in [6.07, 6.45) is 6.84. The van der Waals surface area contributed by atoms with E-state index in [2.05, 4.69) is 58.4 Å². The molecule has 0 spiro atoms. The van der Waals surface area contributed by atoms with E-state index in [4.69, 9.17) is 0 Å². The zero-order chi connectivity index (χ0) is 17.4. The molecule has 0 amide bonds. The third-order valence-electron chi connectivity index (χ3n) is 4.48. The van der Waals surface area contributed by atoms with Crippen molar-refractivity contribution in [1.29, 1.82) is 0 Å². The lowest BCUT2D eigenvalue weighted by atomic mass is 10.0. The molecule has 1 aromatic rings. The number of rotatable bonds is 7.